The predicted octanol–water partition coefficient (Wildman–Crippen LogP) is 3.04. The van der Waals surface area contributed by atoms with Crippen LogP contribution < -0.4 is 16.0 Å². The van der Waals surface area contributed by atoms with Gasteiger partial charge in [0.1, 0.15) is 9.88 Å². The first-order valence-corrected chi connectivity index (χ1v) is 8.64. The van der Waals surface area contributed by atoms with E-state index in [0.717, 1.165) is 29.4 Å². The van der Waals surface area contributed by atoms with Crippen LogP contribution in [0.25, 0.3) is 0 Å². The first kappa shape index (κ1) is 16.2. The van der Waals surface area contributed by atoms with Crippen LogP contribution in [0.3, 0.4) is 0 Å². The van der Waals surface area contributed by atoms with Gasteiger partial charge in [-0.15, -0.1) is 23.1 Å². The van der Waals surface area contributed by atoms with Crippen LogP contribution in [0.15, 0.2) is 4.90 Å². The molecule has 0 atom stereocenters. The van der Waals surface area contributed by atoms with Crippen molar-refractivity contribution >= 4 is 39.7 Å². The first-order valence-electron chi connectivity index (χ1n) is 6.59. The number of anilines is 2. The Kier molecular flexibility index (Phi) is 6.51. The Hall–Kier alpha value is -0.880. The van der Waals surface area contributed by atoms with E-state index in [2.05, 4.69) is 24.1 Å². The van der Waals surface area contributed by atoms with E-state index in [0.29, 0.717) is 17.1 Å². The molecule has 0 aliphatic carbocycles. The molecular formula is C13H23N3OS2. The SMILES string of the molecule is CCCN(CC)c1sc(C(=O)NCC)c(N)c1SC. The fourth-order valence-electron chi connectivity index (χ4n) is 1.90. The summed E-state index contributed by atoms with van der Waals surface area (Å²) in [6.45, 7) is 8.72. The van der Waals surface area contributed by atoms with Crippen LogP contribution >= 0.6 is 23.1 Å². The van der Waals surface area contributed by atoms with E-state index < -0.39 is 0 Å². The second-order valence-corrected chi connectivity index (χ2v) is 5.94. The maximum Gasteiger partial charge on any atom is 0.263 e. The minimum Gasteiger partial charge on any atom is -0.396 e. The van der Waals surface area contributed by atoms with Gasteiger partial charge in [0.2, 0.25) is 0 Å². The van der Waals surface area contributed by atoms with Gasteiger partial charge in [0, 0.05) is 19.6 Å². The normalized spacial score (nSPS) is 10.5. The van der Waals surface area contributed by atoms with Gasteiger partial charge < -0.3 is 16.0 Å². The Morgan fingerprint density at radius 1 is 1.42 bits per heavy atom. The van der Waals surface area contributed by atoms with Gasteiger partial charge in [-0.25, -0.2) is 0 Å². The van der Waals surface area contributed by atoms with Crippen molar-refractivity contribution in [1.29, 1.82) is 0 Å². The van der Waals surface area contributed by atoms with Crippen LogP contribution in [0.2, 0.25) is 0 Å². The Morgan fingerprint density at radius 2 is 2.11 bits per heavy atom. The van der Waals surface area contributed by atoms with Crippen LogP contribution in [-0.2, 0) is 0 Å². The molecule has 1 aromatic heterocycles. The lowest BCUT2D eigenvalue weighted by atomic mass is 10.3. The number of nitrogen functional groups attached to an aromatic ring is 1. The molecule has 0 aliphatic rings. The zero-order valence-electron chi connectivity index (χ0n) is 12.1. The molecule has 4 nitrogen and oxygen atoms in total. The number of nitrogens with two attached hydrogens (primary N) is 1. The number of carbonyl (C=O) groups is 1. The number of thiophene rings is 1. The standard InChI is InChI=1S/C13H23N3OS2/c1-5-8-16(7-3)13-11(18-4)9(14)10(19-13)12(17)15-6-2/h5-8,14H2,1-4H3,(H,15,17). The van der Waals surface area contributed by atoms with Gasteiger partial charge in [-0.2, -0.15) is 0 Å². The van der Waals surface area contributed by atoms with E-state index in [-0.39, 0.29) is 5.91 Å². The highest BCUT2D eigenvalue weighted by Crippen LogP contribution is 2.43. The fraction of sp³-hybridized carbons (Fsp3) is 0.615. The van der Waals surface area contributed by atoms with Crippen molar-refractivity contribution < 1.29 is 4.79 Å². The topological polar surface area (TPSA) is 58.4 Å². The maximum absolute atomic E-state index is 12.0. The number of hydrogen-bond acceptors (Lipinski definition) is 5. The maximum atomic E-state index is 12.0. The number of nitrogens with one attached hydrogen (secondary N) is 1. The second-order valence-electron chi connectivity index (χ2n) is 4.12. The van der Waals surface area contributed by atoms with E-state index >= 15 is 0 Å². The molecule has 0 radical (unpaired) electrons. The highest BCUT2D eigenvalue weighted by atomic mass is 32.2. The molecule has 0 spiro atoms. The summed E-state index contributed by atoms with van der Waals surface area (Å²) in [5.41, 5.74) is 6.76. The van der Waals surface area contributed by atoms with E-state index in [1.165, 1.54) is 11.3 Å². The van der Waals surface area contributed by atoms with E-state index in [1.807, 2.05) is 13.2 Å². The summed E-state index contributed by atoms with van der Waals surface area (Å²) in [6.07, 6.45) is 3.08. The van der Waals surface area contributed by atoms with Crippen molar-refractivity contribution in [2.24, 2.45) is 0 Å². The van der Waals surface area contributed by atoms with Crippen molar-refractivity contribution in [3.63, 3.8) is 0 Å². The molecule has 108 valence electrons. The molecule has 1 aromatic rings. The van der Waals surface area contributed by atoms with Crippen LogP contribution in [0.4, 0.5) is 10.7 Å². The number of carbonyl (C=O) groups excluding carboxylic acids is 1. The lowest BCUT2D eigenvalue weighted by Crippen LogP contribution is -2.23. The summed E-state index contributed by atoms with van der Waals surface area (Å²) < 4.78 is 0. The highest BCUT2D eigenvalue weighted by Gasteiger charge is 2.22. The third-order valence-corrected chi connectivity index (χ3v) is 5.01. The van der Waals surface area contributed by atoms with Gasteiger partial charge in [-0.3, -0.25) is 4.79 Å². The van der Waals surface area contributed by atoms with Crippen LogP contribution in [-0.4, -0.2) is 31.8 Å². The molecule has 6 heteroatoms. The Bertz CT molecular complexity index is 432. The van der Waals surface area contributed by atoms with Crippen LogP contribution in [0, 0.1) is 0 Å². The molecule has 0 saturated heterocycles. The molecule has 0 fully saturated rings. The third kappa shape index (κ3) is 3.57. The monoisotopic (exact) mass is 301 g/mol. The second kappa shape index (κ2) is 7.65. The summed E-state index contributed by atoms with van der Waals surface area (Å²) in [6, 6.07) is 0. The summed E-state index contributed by atoms with van der Waals surface area (Å²) >= 11 is 3.11. The van der Waals surface area contributed by atoms with E-state index in [9.17, 15) is 4.79 Å². The average molecular weight is 301 g/mol. The molecule has 0 aromatic carbocycles. The molecule has 1 amide bonds. The summed E-state index contributed by atoms with van der Waals surface area (Å²) in [4.78, 5) is 16.0. The number of hydrogen-bond donors (Lipinski definition) is 2. The van der Waals surface area contributed by atoms with Crippen molar-refractivity contribution in [2.45, 2.75) is 32.1 Å². The van der Waals surface area contributed by atoms with Gasteiger partial charge in [0.25, 0.3) is 5.91 Å². The van der Waals surface area contributed by atoms with E-state index in [1.54, 1.807) is 11.8 Å². The first-order chi connectivity index (χ1) is 9.10. The van der Waals surface area contributed by atoms with Crippen LogP contribution in [0.1, 0.15) is 36.9 Å². The highest BCUT2D eigenvalue weighted by molar-refractivity contribution is 7.99. The zero-order chi connectivity index (χ0) is 14.4. The van der Waals surface area contributed by atoms with Gasteiger partial charge >= 0.3 is 0 Å². The van der Waals surface area contributed by atoms with Gasteiger partial charge in [0.15, 0.2) is 0 Å². The molecule has 1 rings (SSSR count). The van der Waals surface area contributed by atoms with Gasteiger partial charge in [0.05, 0.1) is 10.6 Å². The van der Waals surface area contributed by atoms with E-state index in [4.69, 9.17) is 5.73 Å². The lowest BCUT2D eigenvalue weighted by Gasteiger charge is -2.21. The zero-order valence-corrected chi connectivity index (χ0v) is 13.7. The van der Waals surface area contributed by atoms with Crippen molar-refractivity contribution in [1.82, 2.24) is 5.32 Å². The Labute approximate surface area is 123 Å². The van der Waals surface area contributed by atoms with Gasteiger partial charge in [-0.1, -0.05) is 6.92 Å². The van der Waals surface area contributed by atoms with Gasteiger partial charge in [-0.05, 0) is 26.5 Å². The number of thioether (sulfide) groups is 1. The minimum atomic E-state index is -0.0703. The predicted molar refractivity (Wildman–Crippen MR) is 86.7 cm³/mol. The number of amides is 1. The largest absolute Gasteiger partial charge is 0.396 e. The Morgan fingerprint density at radius 3 is 2.58 bits per heavy atom. The fourth-order valence-corrected chi connectivity index (χ4v) is 4.09. The molecule has 3 N–H and O–H groups in total. The molecule has 0 bridgehead atoms. The summed E-state index contributed by atoms with van der Waals surface area (Å²) in [5.74, 6) is -0.0703. The minimum absolute atomic E-state index is 0.0703. The summed E-state index contributed by atoms with van der Waals surface area (Å²) in [7, 11) is 0. The number of rotatable bonds is 7. The lowest BCUT2D eigenvalue weighted by molar-refractivity contribution is 0.0960. The molecule has 0 aliphatic heterocycles. The smallest absolute Gasteiger partial charge is 0.263 e. The molecule has 19 heavy (non-hydrogen) atoms. The van der Waals surface area contributed by atoms with Crippen molar-refractivity contribution in [3.05, 3.63) is 4.88 Å². The molecular weight excluding hydrogens is 278 g/mol. The average Bonchev–Trinajstić information content (AvgIpc) is 2.73. The summed E-state index contributed by atoms with van der Waals surface area (Å²) in [5, 5.41) is 3.94. The molecule has 1 heterocycles. The van der Waals surface area contributed by atoms with Crippen molar-refractivity contribution in [3.8, 4) is 0 Å². The third-order valence-electron chi connectivity index (χ3n) is 2.79. The van der Waals surface area contributed by atoms with Crippen molar-refractivity contribution in [2.75, 3.05) is 36.5 Å². The Balaban J connectivity index is 3.17. The molecule has 0 unspecified atom stereocenters. The molecule has 0 saturated carbocycles. The quantitative estimate of drug-likeness (QED) is 0.760. The number of nitrogens with zero attached hydrogens (tertiary/aromatic N) is 1. The van der Waals surface area contributed by atoms with Crippen LogP contribution in [0.5, 0.6) is 0 Å².